The number of anilines is 1. The van der Waals surface area contributed by atoms with E-state index in [1.54, 1.807) is 6.92 Å². The van der Waals surface area contributed by atoms with E-state index < -0.39 is 36.0 Å². The number of aliphatic hydroxyl groups excluding tert-OH is 2. The van der Waals surface area contributed by atoms with E-state index in [2.05, 4.69) is 9.97 Å². The zero-order chi connectivity index (χ0) is 16.9. The van der Waals surface area contributed by atoms with Crippen molar-refractivity contribution in [3.63, 3.8) is 0 Å². The number of rotatable bonds is 3. The van der Waals surface area contributed by atoms with E-state index in [9.17, 15) is 19.7 Å². The molecule has 0 aromatic carbocycles. The van der Waals surface area contributed by atoms with Gasteiger partial charge in [-0.25, -0.2) is 14.4 Å². The van der Waals surface area contributed by atoms with Crippen LogP contribution in [0.4, 0.5) is 10.2 Å². The van der Waals surface area contributed by atoms with Gasteiger partial charge in [-0.05, 0) is 13.3 Å². The standard InChI is InChI=1S/C14H19FN4O4/c1-3-7(20)9-10(21)14(2,22)13(23-9)19-4-6(15)8-11(16)17-5-18-12(8)19/h4-5,7,9-10,13,20-22H,3H2,1-2H3,(H2,16,17,18)/t7?,9-,10-,13-,14-/m1/s1. The number of ether oxygens (including phenoxy) is 1. The van der Waals surface area contributed by atoms with Crippen molar-refractivity contribution in [2.45, 2.75) is 50.4 Å². The van der Waals surface area contributed by atoms with Gasteiger partial charge in [-0.1, -0.05) is 6.92 Å². The number of aliphatic hydroxyl groups is 3. The van der Waals surface area contributed by atoms with Crippen molar-refractivity contribution in [3.05, 3.63) is 18.3 Å². The number of aromatic nitrogens is 3. The highest BCUT2D eigenvalue weighted by atomic mass is 19.1. The molecule has 5 N–H and O–H groups in total. The Labute approximate surface area is 131 Å². The van der Waals surface area contributed by atoms with Crippen LogP contribution in [0.2, 0.25) is 0 Å². The van der Waals surface area contributed by atoms with Crippen LogP contribution in [0, 0.1) is 5.82 Å². The number of hydrogen-bond acceptors (Lipinski definition) is 7. The van der Waals surface area contributed by atoms with Crippen LogP contribution < -0.4 is 5.73 Å². The summed E-state index contributed by atoms with van der Waals surface area (Å²) in [6.45, 7) is 3.08. The molecule has 0 spiro atoms. The van der Waals surface area contributed by atoms with Gasteiger partial charge < -0.3 is 25.8 Å². The molecule has 0 bridgehead atoms. The predicted octanol–water partition coefficient (Wildman–Crippen LogP) is -0.0672. The molecule has 1 aliphatic heterocycles. The van der Waals surface area contributed by atoms with Crippen molar-refractivity contribution < 1.29 is 24.4 Å². The van der Waals surface area contributed by atoms with Gasteiger partial charge in [0.05, 0.1) is 11.5 Å². The summed E-state index contributed by atoms with van der Waals surface area (Å²) in [6.07, 6.45) is -1.85. The molecule has 0 amide bonds. The first kappa shape index (κ1) is 16.1. The van der Waals surface area contributed by atoms with Gasteiger partial charge in [-0.3, -0.25) is 4.57 Å². The van der Waals surface area contributed by atoms with Gasteiger partial charge in [-0.2, -0.15) is 0 Å². The Morgan fingerprint density at radius 3 is 2.87 bits per heavy atom. The predicted molar refractivity (Wildman–Crippen MR) is 78.7 cm³/mol. The van der Waals surface area contributed by atoms with Crippen LogP contribution >= 0.6 is 0 Å². The largest absolute Gasteiger partial charge is 0.390 e. The first-order valence-corrected chi connectivity index (χ1v) is 7.29. The van der Waals surface area contributed by atoms with Crippen molar-refractivity contribution in [3.8, 4) is 0 Å². The van der Waals surface area contributed by atoms with Gasteiger partial charge in [0, 0.05) is 6.20 Å². The third-order valence-corrected chi connectivity index (χ3v) is 4.34. The van der Waals surface area contributed by atoms with Crippen molar-refractivity contribution in [1.82, 2.24) is 14.5 Å². The van der Waals surface area contributed by atoms with E-state index >= 15 is 0 Å². The molecule has 8 nitrogen and oxygen atoms in total. The maximum Gasteiger partial charge on any atom is 0.167 e. The lowest BCUT2D eigenvalue weighted by Gasteiger charge is -2.27. The Morgan fingerprint density at radius 1 is 1.52 bits per heavy atom. The summed E-state index contributed by atoms with van der Waals surface area (Å²) in [5.74, 6) is -0.693. The van der Waals surface area contributed by atoms with Crippen molar-refractivity contribution in [2.24, 2.45) is 0 Å². The number of nitrogens with two attached hydrogens (primary N) is 1. The quantitative estimate of drug-likeness (QED) is 0.622. The Morgan fingerprint density at radius 2 is 2.22 bits per heavy atom. The second kappa shape index (κ2) is 5.38. The monoisotopic (exact) mass is 326 g/mol. The summed E-state index contributed by atoms with van der Waals surface area (Å²) in [4.78, 5) is 7.72. The van der Waals surface area contributed by atoms with Crippen molar-refractivity contribution in [1.29, 1.82) is 0 Å². The van der Waals surface area contributed by atoms with E-state index in [1.165, 1.54) is 17.8 Å². The van der Waals surface area contributed by atoms with Crippen LogP contribution in [-0.4, -0.2) is 53.8 Å². The zero-order valence-electron chi connectivity index (χ0n) is 12.7. The third-order valence-electron chi connectivity index (χ3n) is 4.34. The SMILES string of the molecule is CCC(O)[C@H]1O[C@@H](n2cc(F)c3c(N)ncnc32)[C@](C)(O)[C@@H]1O. The van der Waals surface area contributed by atoms with E-state index in [-0.39, 0.29) is 16.9 Å². The number of fused-ring (bicyclic) bond motifs is 1. The van der Waals surface area contributed by atoms with Gasteiger partial charge in [-0.15, -0.1) is 0 Å². The highest BCUT2D eigenvalue weighted by molar-refractivity contribution is 5.86. The average Bonchev–Trinajstić information content (AvgIpc) is 2.95. The molecule has 9 heteroatoms. The minimum absolute atomic E-state index is 0.0147. The Bertz CT molecular complexity index is 735. The fourth-order valence-electron chi connectivity index (χ4n) is 2.96. The fourth-order valence-corrected chi connectivity index (χ4v) is 2.96. The summed E-state index contributed by atoms with van der Waals surface area (Å²) in [7, 11) is 0. The number of halogens is 1. The highest BCUT2D eigenvalue weighted by Crippen LogP contribution is 2.41. The van der Waals surface area contributed by atoms with Crippen LogP contribution in [0.25, 0.3) is 11.0 Å². The molecule has 1 fully saturated rings. The normalized spacial score (nSPS) is 32.5. The van der Waals surface area contributed by atoms with E-state index in [0.717, 1.165) is 6.20 Å². The van der Waals surface area contributed by atoms with Gasteiger partial charge in [0.15, 0.2) is 17.7 Å². The molecule has 5 atom stereocenters. The number of nitrogens with zero attached hydrogens (tertiary/aromatic N) is 3. The first-order chi connectivity index (χ1) is 10.8. The van der Waals surface area contributed by atoms with E-state index in [1.807, 2.05) is 0 Å². The minimum atomic E-state index is -1.75. The maximum absolute atomic E-state index is 14.2. The van der Waals surface area contributed by atoms with Gasteiger partial charge in [0.2, 0.25) is 0 Å². The van der Waals surface area contributed by atoms with Gasteiger partial charge in [0.1, 0.15) is 30.0 Å². The van der Waals surface area contributed by atoms with E-state index in [0.29, 0.717) is 6.42 Å². The summed E-state index contributed by atoms with van der Waals surface area (Å²) < 4.78 is 21.1. The minimum Gasteiger partial charge on any atom is -0.390 e. The van der Waals surface area contributed by atoms with Crippen LogP contribution in [0.3, 0.4) is 0 Å². The molecule has 1 unspecified atom stereocenters. The maximum atomic E-state index is 14.2. The van der Waals surface area contributed by atoms with Crippen LogP contribution in [0.5, 0.6) is 0 Å². The Balaban J connectivity index is 2.10. The fraction of sp³-hybridized carbons (Fsp3) is 0.571. The number of hydrogen-bond donors (Lipinski definition) is 4. The average molecular weight is 326 g/mol. The second-order valence-corrected chi connectivity index (χ2v) is 5.94. The smallest absolute Gasteiger partial charge is 0.167 e. The lowest BCUT2D eigenvalue weighted by molar-refractivity contribution is -0.100. The summed E-state index contributed by atoms with van der Waals surface area (Å²) in [6, 6.07) is 0. The van der Waals surface area contributed by atoms with Crippen molar-refractivity contribution >= 4 is 16.9 Å². The molecule has 0 radical (unpaired) electrons. The molecule has 23 heavy (non-hydrogen) atoms. The van der Waals surface area contributed by atoms with E-state index in [4.69, 9.17) is 10.5 Å². The van der Waals surface area contributed by atoms with Gasteiger partial charge >= 0.3 is 0 Å². The molecule has 0 aliphatic carbocycles. The third kappa shape index (κ3) is 2.27. The topological polar surface area (TPSA) is 127 Å². The highest BCUT2D eigenvalue weighted by Gasteiger charge is 2.55. The molecule has 2 aromatic heterocycles. The summed E-state index contributed by atoms with van der Waals surface area (Å²) in [5, 5.41) is 30.9. The molecular formula is C14H19FN4O4. The van der Waals surface area contributed by atoms with Crippen molar-refractivity contribution in [2.75, 3.05) is 5.73 Å². The summed E-state index contributed by atoms with van der Waals surface area (Å²) in [5.41, 5.74) is 4.05. The number of nitrogen functional groups attached to an aromatic ring is 1. The van der Waals surface area contributed by atoms with Gasteiger partial charge in [0.25, 0.3) is 0 Å². The second-order valence-electron chi connectivity index (χ2n) is 5.94. The molecule has 2 aromatic rings. The molecule has 1 aliphatic rings. The first-order valence-electron chi connectivity index (χ1n) is 7.29. The molecule has 0 saturated carbocycles. The molecule has 3 heterocycles. The zero-order valence-corrected chi connectivity index (χ0v) is 12.7. The molecule has 3 rings (SSSR count). The van der Waals surface area contributed by atoms with Crippen LogP contribution in [-0.2, 0) is 4.74 Å². The summed E-state index contributed by atoms with van der Waals surface area (Å²) >= 11 is 0. The van der Waals surface area contributed by atoms with Crippen LogP contribution in [0.15, 0.2) is 12.5 Å². The molecule has 1 saturated heterocycles. The lowest BCUT2D eigenvalue weighted by Crippen LogP contribution is -2.46. The van der Waals surface area contributed by atoms with Crippen LogP contribution in [0.1, 0.15) is 26.5 Å². The Kier molecular flexibility index (Phi) is 3.75. The molecular weight excluding hydrogens is 307 g/mol. The lowest BCUT2D eigenvalue weighted by atomic mass is 9.93. The Hall–Kier alpha value is -1.81. The molecule has 126 valence electrons.